The number of nitrogens with one attached hydrogen (secondary N) is 1. The van der Waals surface area contributed by atoms with Gasteiger partial charge in [-0.2, -0.15) is 10.4 Å². The van der Waals surface area contributed by atoms with Crippen LogP contribution in [0.5, 0.6) is 0 Å². The minimum atomic E-state index is 0. The van der Waals surface area contributed by atoms with Gasteiger partial charge in [-0.3, -0.25) is 9.67 Å². The third-order valence-corrected chi connectivity index (χ3v) is 5.38. The van der Waals surface area contributed by atoms with E-state index in [9.17, 15) is 5.26 Å². The van der Waals surface area contributed by atoms with Crippen LogP contribution in [0.4, 0.5) is 0 Å². The van der Waals surface area contributed by atoms with Crippen LogP contribution in [0.25, 0.3) is 22.4 Å². The monoisotopic (exact) mass is 377 g/mol. The van der Waals surface area contributed by atoms with Crippen LogP contribution in [-0.4, -0.2) is 20.8 Å². The van der Waals surface area contributed by atoms with Crippen molar-refractivity contribution in [3.8, 4) is 28.5 Å². The molecule has 2 aliphatic rings. The Morgan fingerprint density at radius 2 is 1.93 bits per heavy atom. The first-order valence-corrected chi connectivity index (χ1v) is 9.07. The average Bonchev–Trinajstić information content (AvgIpc) is 3.48. The van der Waals surface area contributed by atoms with Gasteiger partial charge in [0.2, 0.25) is 0 Å². The Bertz CT molecular complexity index is 1000. The average molecular weight is 378 g/mol. The highest BCUT2D eigenvalue weighted by Crippen LogP contribution is 2.39. The minimum absolute atomic E-state index is 0. The molecule has 1 aromatic carbocycles. The van der Waals surface area contributed by atoms with Crippen LogP contribution < -0.4 is 5.32 Å². The number of halogens is 1. The zero-order valence-electron chi connectivity index (χ0n) is 14.8. The Hall–Kier alpha value is -2.68. The molecule has 1 N–H and O–H groups in total. The largest absolute Gasteiger partial charge is 0.306 e. The summed E-state index contributed by atoms with van der Waals surface area (Å²) in [6, 6.07) is 14.5. The van der Waals surface area contributed by atoms with Gasteiger partial charge in [-0.15, -0.1) is 12.4 Å². The Balaban J connectivity index is 0.00000180. The van der Waals surface area contributed by atoms with E-state index in [2.05, 4.69) is 21.1 Å². The van der Waals surface area contributed by atoms with E-state index in [0.29, 0.717) is 11.6 Å². The van der Waals surface area contributed by atoms with Crippen molar-refractivity contribution in [1.29, 1.82) is 5.26 Å². The SMILES string of the molecule is Cl.N#Cc1cccc(-c2nn3c(c2-c2ccncc2)CN[C@@H](C2CC2)C3)c1. The number of nitriles is 1. The summed E-state index contributed by atoms with van der Waals surface area (Å²) < 4.78 is 2.17. The number of rotatable bonds is 3. The highest BCUT2D eigenvalue weighted by molar-refractivity contribution is 5.85. The van der Waals surface area contributed by atoms with Gasteiger partial charge in [0.1, 0.15) is 5.69 Å². The summed E-state index contributed by atoms with van der Waals surface area (Å²) >= 11 is 0. The standard InChI is InChI=1S/C21H19N5.ClH/c22-11-14-2-1-3-17(10-14)21-20(16-6-8-23-9-7-16)19-12-24-18(15-4-5-15)13-26(19)25-21;/h1-3,6-10,15,18,24H,4-5,12-13H2;1H/t18-;/m1./s1. The molecule has 1 saturated carbocycles. The quantitative estimate of drug-likeness (QED) is 0.754. The van der Waals surface area contributed by atoms with Crippen molar-refractivity contribution in [2.45, 2.75) is 32.0 Å². The van der Waals surface area contributed by atoms with E-state index in [1.165, 1.54) is 18.5 Å². The molecule has 1 fully saturated rings. The number of benzene rings is 1. The van der Waals surface area contributed by atoms with Crippen molar-refractivity contribution in [1.82, 2.24) is 20.1 Å². The molecule has 0 bridgehead atoms. The lowest BCUT2D eigenvalue weighted by Gasteiger charge is -2.25. The second kappa shape index (κ2) is 7.15. The molecular weight excluding hydrogens is 358 g/mol. The number of hydrogen-bond donors (Lipinski definition) is 1. The molecule has 27 heavy (non-hydrogen) atoms. The Morgan fingerprint density at radius 3 is 2.67 bits per heavy atom. The van der Waals surface area contributed by atoms with Crippen LogP contribution in [0.15, 0.2) is 48.8 Å². The summed E-state index contributed by atoms with van der Waals surface area (Å²) in [7, 11) is 0. The molecule has 0 saturated heterocycles. The molecular formula is C21H20ClN5. The predicted octanol–water partition coefficient (Wildman–Crippen LogP) is 3.79. The molecule has 0 unspecified atom stereocenters. The molecule has 1 aliphatic heterocycles. The normalized spacial score (nSPS) is 18.3. The second-order valence-corrected chi connectivity index (χ2v) is 7.11. The van der Waals surface area contributed by atoms with E-state index >= 15 is 0 Å². The van der Waals surface area contributed by atoms with Gasteiger partial charge in [-0.1, -0.05) is 12.1 Å². The van der Waals surface area contributed by atoms with E-state index in [-0.39, 0.29) is 12.4 Å². The lowest BCUT2D eigenvalue weighted by atomic mass is 9.98. The lowest BCUT2D eigenvalue weighted by molar-refractivity contribution is 0.339. The highest BCUT2D eigenvalue weighted by Gasteiger charge is 2.35. The maximum atomic E-state index is 9.27. The van der Waals surface area contributed by atoms with Gasteiger partial charge in [-0.25, -0.2) is 0 Å². The fourth-order valence-electron chi connectivity index (χ4n) is 3.88. The smallest absolute Gasteiger partial charge is 0.101 e. The van der Waals surface area contributed by atoms with Gasteiger partial charge in [0.05, 0.1) is 23.9 Å². The summed E-state index contributed by atoms with van der Waals surface area (Å²) in [6.45, 7) is 1.74. The minimum Gasteiger partial charge on any atom is -0.306 e. The van der Waals surface area contributed by atoms with Gasteiger partial charge >= 0.3 is 0 Å². The van der Waals surface area contributed by atoms with Crippen LogP contribution in [0.2, 0.25) is 0 Å². The molecule has 3 heterocycles. The number of aromatic nitrogens is 3. The summed E-state index contributed by atoms with van der Waals surface area (Å²) in [4.78, 5) is 4.15. The Morgan fingerprint density at radius 1 is 1.11 bits per heavy atom. The summed E-state index contributed by atoms with van der Waals surface area (Å²) in [5.74, 6) is 0.794. The van der Waals surface area contributed by atoms with Gasteiger partial charge in [0.15, 0.2) is 0 Å². The van der Waals surface area contributed by atoms with E-state index in [1.807, 2.05) is 48.8 Å². The molecule has 5 rings (SSSR count). The predicted molar refractivity (Wildman–Crippen MR) is 106 cm³/mol. The fourth-order valence-corrected chi connectivity index (χ4v) is 3.88. The first-order valence-electron chi connectivity index (χ1n) is 9.07. The van der Waals surface area contributed by atoms with Crippen LogP contribution in [-0.2, 0) is 13.1 Å². The van der Waals surface area contributed by atoms with Crippen LogP contribution in [0, 0.1) is 17.2 Å². The van der Waals surface area contributed by atoms with Crippen molar-refractivity contribution >= 4 is 12.4 Å². The summed E-state index contributed by atoms with van der Waals surface area (Å²) in [6.07, 6.45) is 6.28. The topological polar surface area (TPSA) is 66.5 Å². The number of nitrogens with zero attached hydrogens (tertiary/aromatic N) is 4. The number of hydrogen-bond acceptors (Lipinski definition) is 4. The third-order valence-electron chi connectivity index (χ3n) is 5.38. The first kappa shape index (κ1) is 17.7. The summed E-state index contributed by atoms with van der Waals surface area (Å²) in [5, 5.41) is 18.0. The van der Waals surface area contributed by atoms with Crippen molar-refractivity contribution in [2.75, 3.05) is 0 Å². The van der Waals surface area contributed by atoms with Gasteiger partial charge < -0.3 is 5.32 Å². The molecule has 0 radical (unpaired) electrons. The molecule has 1 atom stereocenters. The molecule has 1 aliphatic carbocycles. The van der Waals surface area contributed by atoms with E-state index in [0.717, 1.165) is 41.4 Å². The number of fused-ring (bicyclic) bond motifs is 1. The highest BCUT2D eigenvalue weighted by atomic mass is 35.5. The van der Waals surface area contributed by atoms with Crippen LogP contribution >= 0.6 is 12.4 Å². The molecule has 5 nitrogen and oxygen atoms in total. The molecule has 3 aromatic rings. The lowest BCUT2D eigenvalue weighted by Crippen LogP contribution is -2.40. The van der Waals surface area contributed by atoms with Gasteiger partial charge in [0, 0.05) is 36.1 Å². The molecule has 136 valence electrons. The molecule has 2 aromatic heterocycles. The third kappa shape index (κ3) is 3.23. The molecule has 0 spiro atoms. The maximum Gasteiger partial charge on any atom is 0.101 e. The van der Waals surface area contributed by atoms with Crippen molar-refractivity contribution in [3.63, 3.8) is 0 Å². The Kier molecular flexibility index (Phi) is 4.69. The summed E-state index contributed by atoms with van der Waals surface area (Å²) in [5.41, 5.74) is 6.06. The maximum absolute atomic E-state index is 9.27. The van der Waals surface area contributed by atoms with Crippen molar-refractivity contribution in [2.24, 2.45) is 5.92 Å². The fraction of sp³-hybridized carbons (Fsp3) is 0.286. The number of pyridine rings is 1. The molecule has 0 amide bonds. The molecule has 6 heteroatoms. The van der Waals surface area contributed by atoms with E-state index in [4.69, 9.17) is 5.10 Å². The zero-order valence-corrected chi connectivity index (χ0v) is 15.6. The van der Waals surface area contributed by atoms with Crippen LogP contribution in [0.3, 0.4) is 0 Å². The Labute approximate surface area is 164 Å². The van der Waals surface area contributed by atoms with E-state index < -0.39 is 0 Å². The zero-order chi connectivity index (χ0) is 17.5. The van der Waals surface area contributed by atoms with Crippen molar-refractivity contribution in [3.05, 3.63) is 60.0 Å². The van der Waals surface area contributed by atoms with Crippen LogP contribution in [0.1, 0.15) is 24.1 Å². The van der Waals surface area contributed by atoms with E-state index in [1.54, 1.807) is 0 Å². The second-order valence-electron chi connectivity index (χ2n) is 7.11. The van der Waals surface area contributed by atoms with Crippen molar-refractivity contribution < 1.29 is 0 Å². The van der Waals surface area contributed by atoms with Gasteiger partial charge in [-0.05, 0) is 48.6 Å². The van der Waals surface area contributed by atoms with Gasteiger partial charge in [0.25, 0.3) is 0 Å². The first-order chi connectivity index (χ1) is 12.8.